The summed E-state index contributed by atoms with van der Waals surface area (Å²) < 4.78 is 5.38. The number of nitrogens with two attached hydrogens (primary N) is 1. The van der Waals surface area contributed by atoms with Crippen molar-refractivity contribution in [2.24, 2.45) is 15.9 Å². The summed E-state index contributed by atoms with van der Waals surface area (Å²) in [4.78, 5) is 27.5. The van der Waals surface area contributed by atoms with E-state index in [1.54, 1.807) is 26.4 Å². The molecule has 0 saturated carbocycles. The Morgan fingerprint density at radius 2 is 2.14 bits per heavy atom. The second-order valence-corrected chi connectivity index (χ2v) is 8.58. The van der Waals surface area contributed by atoms with Crippen LogP contribution in [0.2, 0.25) is 0 Å². The van der Waals surface area contributed by atoms with Crippen LogP contribution < -0.4 is 15.8 Å². The number of nitriles is 1. The van der Waals surface area contributed by atoms with Gasteiger partial charge in [-0.3, -0.25) is 19.7 Å². The number of ether oxygens (including phenoxy) is 1. The lowest BCUT2D eigenvalue weighted by molar-refractivity contribution is 0.0929. The molecule has 1 fully saturated rings. The maximum Gasteiger partial charge on any atom is 0.270 e. The predicted octanol–water partition coefficient (Wildman–Crippen LogP) is 3.32. The summed E-state index contributed by atoms with van der Waals surface area (Å²) in [6.07, 6.45) is 5.25. The fourth-order valence-electron chi connectivity index (χ4n) is 4.06. The third-order valence-electron chi connectivity index (χ3n) is 6.01. The minimum atomic E-state index is -0.320. The average molecular weight is 488 g/mol. The Bertz CT molecular complexity index is 1180. The Hall–Kier alpha value is -4.03. The predicted molar refractivity (Wildman–Crippen MR) is 143 cm³/mol. The molecule has 2 aromatic rings. The van der Waals surface area contributed by atoms with Gasteiger partial charge in [-0.05, 0) is 62.0 Å². The highest BCUT2D eigenvalue weighted by Crippen LogP contribution is 2.23. The van der Waals surface area contributed by atoms with E-state index in [9.17, 15) is 10.1 Å². The van der Waals surface area contributed by atoms with E-state index in [1.165, 1.54) is 11.6 Å². The fraction of sp³-hybridized carbons (Fsp3) is 0.370. The lowest BCUT2D eigenvalue weighted by Gasteiger charge is -2.32. The number of piperidine rings is 1. The zero-order valence-electron chi connectivity index (χ0n) is 20.9. The van der Waals surface area contributed by atoms with Gasteiger partial charge in [0.05, 0.1) is 18.0 Å². The summed E-state index contributed by atoms with van der Waals surface area (Å²) in [5.41, 5.74) is 9.33. The highest BCUT2D eigenvalue weighted by molar-refractivity contribution is 6.17. The third kappa shape index (κ3) is 7.23. The molecule has 0 aliphatic carbocycles. The van der Waals surface area contributed by atoms with Gasteiger partial charge in [0.25, 0.3) is 5.91 Å². The number of likely N-dealkylation sites (tertiary alicyclic amines) is 1. The molecule has 0 atom stereocenters. The first-order chi connectivity index (χ1) is 17.4. The number of anilines is 1. The van der Waals surface area contributed by atoms with Crippen molar-refractivity contribution in [2.45, 2.75) is 26.3 Å². The van der Waals surface area contributed by atoms with Crippen LogP contribution in [0.5, 0.6) is 5.88 Å². The van der Waals surface area contributed by atoms with Crippen LogP contribution in [0.15, 0.2) is 46.9 Å². The highest BCUT2D eigenvalue weighted by atomic mass is 16.5. The SMILES string of the molecule is C=C(N=CC=NC)c1cccc(CN2CCC(CNC(=O)c3cc(N)c(C#N)c(OCC)n3)CC2)c1. The van der Waals surface area contributed by atoms with Gasteiger partial charge in [-0.2, -0.15) is 5.26 Å². The van der Waals surface area contributed by atoms with Gasteiger partial charge < -0.3 is 15.8 Å². The summed E-state index contributed by atoms with van der Waals surface area (Å²) in [5, 5.41) is 12.2. The number of rotatable bonds is 10. The summed E-state index contributed by atoms with van der Waals surface area (Å²) in [7, 11) is 1.70. The summed E-state index contributed by atoms with van der Waals surface area (Å²) in [6, 6.07) is 11.7. The van der Waals surface area contributed by atoms with Gasteiger partial charge in [-0.25, -0.2) is 4.98 Å². The van der Waals surface area contributed by atoms with Crippen molar-refractivity contribution in [2.75, 3.05) is 39.0 Å². The van der Waals surface area contributed by atoms with Crippen molar-refractivity contribution in [3.63, 3.8) is 0 Å². The molecule has 1 amide bonds. The molecule has 1 aliphatic rings. The molecule has 1 aromatic carbocycles. The van der Waals surface area contributed by atoms with Crippen LogP contribution in [0.4, 0.5) is 5.69 Å². The molecule has 1 aliphatic heterocycles. The topological polar surface area (TPSA) is 129 Å². The molecule has 9 nitrogen and oxygen atoms in total. The number of benzene rings is 1. The first kappa shape index (κ1) is 26.6. The van der Waals surface area contributed by atoms with Crippen LogP contribution >= 0.6 is 0 Å². The average Bonchev–Trinajstić information content (AvgIpc) is 2.88. The molecule has 0 bridgehead atoms. The van der Waals surface area contributed by atoms with E-state index in [-0.39, 0.29) is 28.7 Å². The van der Waals surface area contributed by atoms with E-state index in [4.69, 9.17) is 10.5 Å². The van der Waals surface area contributed by atoms with Crippen LogP contribution in [0, 0.1) is 17.2 Å². The lowest BCUT2D eigenvalue weighted by Crippen LogP contribution is -2.38. The summed E-state index contributed by atoms with van der Waals surface area (Å²) in [6.45, 7) is 9.47. The number of pyridine rings is 1. The summed E-state index contributed by atoms with van der Waals surface area (Å²) in [5.74, 6) is 0.153. The van der Waals surface area contributed by atoms with Gasteiger partial charge in [-0.1, -0.05) is 24.8 Å². The van der Waals surface area contributed by atoms with Gasteiger partial charge in [0.1, 0.15) is 17.3 Å². The Balaban J connectivity index is 1.50. The minimum Gasteiger partial charge on any atom is -0.477 e. The number of nitrogen functional groups attached to an aromatic ring is 1. The van der Waals surface area contributed by atoms with E-state index < -0.39 is 0 Å². The second kappa shape index (κ2) is 13.2. The Labute approximate surface area is 212 Å². The number of hydrogen-bond donors (Lipinski definition) is 2. The quantitative estimate of drug-likeness (QED) is 0.495. The van der Waals surface area contributed by atoms with Crippen molar-refractivity contribution in [1.82, 2.24) is 15.2 Å². The monoisotopic (exact) mass is 487 g/mol. The van der Waals surface area contributed by atoms with E-state index in [2.05, 4.69) is 43.9 Å². The normalized spacial score (nSPS) is 14.7. The van der Waals surface area contributed by atoms with Gasteiger partial charge in [0.15, 0.2) is 0 Å². The molecule has 0 radical (unpaired) electrons. The van der Waals surface area contributed by atoms with Crippen LogP contribution in [0.1, 0.15) is 46.9 Å². The molecular weight excluding hydrogens is 454 g/mol. The van der Waals surface area contributed by atoms with Gasteiger partial charge in [0, 0.05) is 32.6 Å². The zero-order chi connectivity index (χ0) is 25.9. The maximum absolute atomic E-state index is 12.7. The number of nitrogens with one attached hydrogen (secondary N) is 1. The van der Waals surface area contributed by atoms with Crippen molar-refractivity contribution >= 4 is 29.7 Å². The zero-order valence-corrected chi connectivity index (χ0v) is 20.9. The van der Waals surface area contributed by atoms with Crippen LogP contribution in [0.3, 0.4) is 0 Å². The smallest absolute Gasteiger partial charge is 0.270 e. The fourth-order valence-corrected chi connectivity index (χ4v) is 4.06. The Kier molecular flexibility index (Phi) is 9.72. The van der Waals surface area contributed by atoms with E-state index in [0.717, 1.165) is 38.0 Å². The Morgan fingerprint density at radius 1 is 1.36 bits per heavy atom. The molecule has 3 rings (SSSR count). The minimum absolute atomic E-state index is 0.0905. The van der Waals surface area contributed by atoms with Gasteiger partial charge >= 0.3 is 0 Å². The maximum atomic E-state index is 12.7. The van der Waals surface area contributed by atoms with E-state index >= 15 is 0 Å². The molecule has 188 valence electrons. The summed E-state index contributed by atoms with van der Waals surface area (Å²) >= 11 is 0. The molecule has 9 heteroatoms. The molecule has 0 unspecified atom stereocenters. The van der Waals surface area contributed by atoms with E-state index in [1.807, 2.05) is 18.2 Å². The number of carbonyl (C=O) groups is 1. The lowest BCUT2D eigenvalue weighted by atomic mass is 9.96. The number of hydrogen-bond acceptors (Lipinski definition) is 8. The first-order valence-corrected chi connectivity index (χ1v) is 12.0. The molecular formula is C27H33N7O2. The highest BCUT2D eigenvalue weighted by Gasteiger charge is 2.21. The molecule has 1 aromatic heterocycles. The molecule has 1 saturated heterocycles. The number of carbonyl (C=O) groups excluding carboxylic acids is 1. The largest absolute Gasteiger partial charge is 0.477 e. The number of aromatic nitrogens is 1. The van der Waals surface area contributed by atoms with Crippen LogP contribution in [0.25, 0.3) is 5.70 Å². The van der Waals surface area contributed by atoms with Crippen LogP contribution in [-0.4, -0.2) is 61.5 Å². The van der Waals surface area contributed by atoms with Crippen LogP contribution in [-0.2, 0) is 6.54 Å². The Morgan fingerprint density at radius 3 is 2.83 bits per heavy atom. The standard InChI is InChI=1S/C27H33N7O2/c1-4-36-27-23(16-28)24(29)15-25(33-27)26(35)32-17-20-8-12-34(13-9-20)18-21-6-5-7-22(14-21)19(2)31-11-10-30-3/h5-7,10-11,14-15,20H,2,4,8-9,12-13,17-18H2,1,3H3,(H2,29,33)(H,32,35). The second-order valence-electron chi connectivity index (χ2n) is 8.58. The molecule has 36 heavy (non-hydrogen) atoms. The van der Waals surface area contributed by atoms with Gasteiger partial charge in [-0.15, -0.1) is 0 Å². The van der Waals surface area contributed by atoms with Crippen molar-refractivity contribution in [1.29, 1.82) is 5.26 Å². The first-order valence-electron chi connectivity index (χ1n) is 12.0. The van der Waals surface area contributed by atoms with E-state index in [0.29, 0.717) is 24.8 Å². The molecule has 3 N–H and O–H groups in total. The van der Waals surface area contributed by atoms with Crippen molar-refractivity contribution < 1.29 is 9.53 Å². The van der Waals surface area contributed by atoms with Gasteiger partial charge in [0.2, 0.25) is 5.88 Å². The third-order valence-corrected chi connectivity index (χ3v) is 6.01. The number of nitrogens with zero attached hydrogens (tertiary/aromatic N) is 5. The van der Waals surface area contributed by atoms with Crippen molar-refractivity contribution in [3.8, 4) is 11.9 Å². The molecule has 2 heterocycles. The number of aliphatic imine (C=N–C) groups is 2. The molecule has 0 spiro atoms. The van der Waals surface area contributed by atoms with Crippen molar-refractivity contribution in [3.05, 3.63) is 59.3 Å². The number of amides is 1.